The Bertz CT molecular complexity index is 1590. The second-order valence-corrected chi connectivity index (χ2v) is 24.3. The molecule has 83 heavy (non-hydrogen) atoms. The Balaban J connectivity index is 3.52. The van der Waals surface area contributed by atoms with Crippen LogP contribution in [0.1, 0.15) is 354 Å². The summed E-state index contributed by atoms with van der Waals surface area (Å²) in [5, 5.41) is 23.5. The van der Waals surface area contributed by atoms with Crippen LogP contribution in [-0.4, -0.2) is 34.9 Å². The molecule has 478 valence electrons. The van der Waals surface area contributed by atoms with Crippen molar-refractivity contribution in [2.45, 2.75) is 366 Å². The normalized spacial score (nSPS) is 13.4. The molecule has 0 aliphatic rings. The summed E-state index contributed by atoms with van der Waals surface area (Å²) >= 11 is 0. The van der Waals surface area contributed by atoms with Gasteiger partial charge in [-0.15, -0.1) is 0 Å². The lowest BCUT2D eigenvalue weighted by Crippen LogP contribution is -2.45. The Morgan fingerprint density at radius 3 is 0.795 bits per heavy atom. The van der Waals surface area contributed by atoms with Crippen LogP contribution in [0, 0.1) is 0 Å². The van der Waals surface area contributed by atoms with Gasteiger partial charge in [0.05, 0.1) is 18.8 Å². The first-order chi connectivity index (χ1) is 41.2. The van der Waals surface area contributed by atoms with Gasteiger partial charge in [0.1, 0.15) is 0 Å². The third kappa shape index (κ3) is 69.5. The van der Waals surface area contributed by atoms with Gasteiger partial charge in [-0.1, -0.05) is 379 Å². The van der Waals surface area contributed by atoms with Crippen LogP contribution in [0.25, 0.3) is 0 Å². The van der Waals surface area contributed by atoms with Crippen LogP contribution in [-0.2, 0) is 4.79 Å². The van der Waals surface area contributed by atoms with Crippen molar-refractivity contribution in [2.24, 2.45) is 0 Å². The summed E-state index contributed by atoms with van der Waals surface area (Å²) in [6.45, 7) is 4.27. The number of nitrogens with one attached hydrogen (secondary N) is 1. The van der Waals surface area contributed by atoms with Gasteiger partial charge in [-0.3, -0.25) is 4.79 Å². The fourth-order valence-corrected chi connectivity index (χ4v) is 10.8. The van der Waals surface area contributed by atoms with Gasteiger partial charge < -0.3 is 15.5 Å². The minimum absolute atomic E-state index is 0.0399. The van der Waals surface area contributed by atoms with Crippen molar-refractivity contribution < 1.29 is 15.0 Å². The van der Waals surface area contributed by atoms with Crippen LogP contribution in [0.3, 0.4) is 0 Å². The molecule has 4 heteroatoms. The summed E-state index contributed by atoms with van der Waals surface area (Å²) < 4.78 is 0. The van der Waals surface area contributed by atoms with E-state index in [1.807, 2.05) is 0 Å². The summed E-state index contributed by atoms with van der Waals surface area (Å²) in [4.78, 5) is 12.6. The molecule has 2 unspecified atom stereocenters. The molecular formula is C79H139NO3. The van der Waals surface area contributed by atoms with Crippen LogP contribution >= 0.6 is 0 Å². The molecule has 4 nitrogen and oxygen atoms in total. The van der Waals surface area contributed by atoms with Crippen molar-refractivity contribution >= 4 is 5.91 Å². The lowest BCUT2D eigenvalue weighted by atomic mass is 10.0. The maximum atomic E-state index is 12.6. The zero-order valence-corrected chi connectivity index (χ0v) is 55.2. The number of hydrogen-bond donors (Lipinski definition) is 3. The predicted octanol–water partition coefficient (Wildman–Crippen LogP) is 25.1. The van der Waals surface area contributed by atoms with Gasteiger partial charge in [0.2, 0.25) is 5.91 Å². The molecule has 0 heterocycles. The van der Waals surface area contributed by atoms with E-state index in [9.17, 15) is 15.0 Å². The van der Waals surface area contributed by atoms with E-state index >= 15 is 0 Å². The minimum atomic E-state index is -0.673. The molecule has 0 aromatic carbocycles. The third-order valence-electron chi connectivity index (χ3n) is 16.2. The highest BCUT2D eigenvalue weighted by molar-refractivity contribution is 5.76. The molecule has 2 atom stereocenters. The number of amides is 1. The number of hydrogen-bond acceptors (Lipinski definition) is 3. The van der Waals surface area contributed by atoms with Gasteiger partial charge in [0, 0.05) is 6.42 Å². The zero-order valence-electron chi connectivity index (χ0n) is 55.2. The Morgan fingerprint density at radius 2 is 0.530 bits per heavy atom. The lowest BCUT2D eigenvalue weighted by molar-refractivity contribution is -0.123. The molecule has 1 amide bonds. The Morgan fingerprint density at radius 1 is 0.301 bits per heavy atom. The van der Waals surface area contributed by atoms with Crippen LogP contribution in [0.2, 0.25) is 0 Å². The second kappa shape index (κ2) is 73.0. The first-order valence-electron chi connectivity index (χ1n) is 36.2. The number of aliphatic hydroxyl groups excluding tert-OH is 2. The molecular weight excluding hydrogens is 1010 g/mol. The van der Waals surface area contributed by atoms with Crippen LogP contribution in [0.4, 0.5) is 0 Å². The summed E-state index contributed by atoms with van der Waals surface area (Å²) in [5.74, 6) is -0.0399. The van der Waals surface area contributed by atoms with E-state index in [0.717, 1.165) is 96.3 Å². The summed E-state index contributed by atoms with van der Waals surface area (Å²) in [6.07, 6.45) is 111. The highest BCUT2D eigenvalue weighted by Gasteiger charge is 2.20. The Kier molecular flexibility index (Phi) is 70.2. The maximum Gasteiger partial charge on any atom is 0.220 e. The van der Waals surface area contributed by atoms with Gasteiger partial charge in [-0.25, -0.2) is 0 Å². The number of carbonyl (C=O) groups is 1. The fourth-order valence-electron chi connectivity index (χ4n) is 10.8. The summed E-state index contributed by atoms with van der Waals surface area (Å²) in [6, 6.07) is -0.552. The van der Waals surface area contributed by atoms with Crippen molar-refractivity contribution in [2.75, 3.05) is 6.61 Å². The molecule has 0 aliphatic carbocycles. The summed E-state index contributed by atoms with van der Waals surface area (Å²) in [5.41, 5.74) is 0. The van der Waals surface area contributed by atoms with Crippen molar-refractivity contribution in [3.8, 4) is 0 Å². The molecule has 3 N–H and O–H groups in total. The molecule has 0 saturated heterocycles. The molecule has 0 aliphatic heterocycles. The highest BCUT2D eigenvalue weighted by atomic mass is 16.3. The van der Waals surface area contributed by atoms with Crippen molar-refractivity contribution in [1.29, 1.82) is 0 Å². The van der Waals surface area contributed by atoms with E-state index in [4.69, 9.17) is 0 Å². The summed E-state index contributed by atoms with van der Waals surface area (Å²) in [7, 11) is 0. The number of unbranched alkanes of at least 4 members (excludes halogenated alkanes) is 39. The molecule has 0 aromatic rings. The number of allylic oxidation sites excluding steroid dienone is 20. The average molecular weight is 1150 g/mol. The molecule has 0 aromatic heterocycles. The highest BCUT2D eigenvalue weighted by Crippen LogP contribution is 2.18. The van der Waals surface area contributed by atoms with Gasteiger partial charge in [0.25, 0.3) is 0 Å². The van der Waals surface area contributed by atoms with E-state index in [-0.39, 0.29) is 12.5 Å². The van der Waals surface area contributed by atoms with E-state index in [1.54, 1.807) is 0 Å². The van der Waals surface area contributed by atoms with Crippen LogP contribution < -0.4 is 5.32 Å². The number of rotatable bonds is 66. The predicted molar refractivity (Wildman–Crippen MR) is 372 cm³/mol. The standard InChI is InChI=1S/C79H139NO3/c1-3-5-7-9-11-13-15-17-19-21-23-25-27-29-31-33-35-37-38-39-40-41-42-43-45-47-49-51-53-55-57-59-61-63-65-67-69-71-73-75-79(83)80-77(76-81)78(82)74-72-70-68-66-64-62-60-58-56-54-52-50-48-46-44-36-34-32-30-28-26-24-22-20-18-16-14-12-10-8-6-4-2/h5,7,11,13,17,19,23,25,29,31,35,37,39-40,42-43,47,49,53,55,77-78,81-82H,3-4,6,8-10,12,14-16,18,20-22,24,26-28,30,32-34,36,38,41,44-46,48,50-52,54,56-76H2,1-2H3,(H,80,83)/b7-5-,13-11-,19-17-,25-23-,31-29-,37-35-,40-39-,43-42-,49-47-,55-53-. The van der Waals surface area contributed by atoms with Gasteiger partial charge in [0.15, 0.2) is 0 Å². The van der Waals surface area contributed by atoms with Gasteiger partial charge in [-0.2, -0.15) is 0 Å². The molecule has 0 radical (unpaired) electrons. The number of aliphatic hydroxyl groups is 2. The third-order valence-corrected chi connectivity index (χ3v) is 16.2. The van der Waals surface area contributed by atoms with Gasteiger partial charge >= 0.3 is 0 Å². The quantitative estimate of drug-likeness (QED) is 0.0420. The van der Waals surface area contributed by atoms with Crippen molar-refractivity contribution in [3.63, 3.8) is 0 Å². The monoisotopic (exact) mass is 1150 g/mol. The topological polar surface area (TPSA) is 69.6 Å². The SMILES string of the molecule is CC/C=C\C/C=C\C/C=C\C/C=C\C/C=C\C/C=C\C/C=C\C/C=C\C/C=C\C/C=C\CCCCCCCCCCC(=O)NC(CO)C(O)CCCCCCCCCCCCCCCCCCCCCCCCCCCCCCCCCC. The smallest absolute Gasteiger partial charge is 0.220 e. The molecule has 0 rings (SSSR count). The van der Waals surface area contributed by atoms with E-state index in [2.05, 4.69) is 141 Å². The first kappa shape index (κ1) is 79.8. The van der Waals surface area contributed by atoms with E-state index < -0.39 is 12.1 Å². The van der Waals surface area contributed by atoms with Crippen LogP contribution in [0.5, 0.6) is 0 Å². The van der Waals surface area contributed by atoms with E-state index in [1.165, 1.54) is 231 Å². The average Bonchev–Trinajstić information content (AvgIpc) is 3.51. The van der Waals surface area contributed by atoms with E-state index in [0.29, 0.717) is 12.8 Å². The van der Waals surface area contributed by atoms with Crippen molar-refractivity contribution in [1.82, 2.24) is 5.32 Å². The zero-order chi connectivity index (χ0) is 59.8. The molecule has 0 fully saturated rings. The fraction of sp³-hybridized carbons (Fsp3) is 0.734. The number of carbonyl (C=O) groups excluding carboxylic acids is 1. The van der Waals surface area contributed by atoms with Gasteiger partial charge in [-0.05, 0) is 89.9 Å². The maximum absolute atomic E-state index is 12.6. The molecule has 0 bridgehead atoms. The minimum Gasteiger partial charge on any atom is -0.394 e. The molecule has 0 spiro atoms. The molecule has 0 saturated carbocycles. The Hall–Kier alpha value is -3.21. The second-order valence-electron chi connectivity index (χ2n) is 24.3. The van der Waals surface area contributed by atoms with Crippen molar-refractivity contribution in [3.05, 3.63) is 122 Å². The Labute approximate surface area is 518 Å². The van der Waals surface area contributed by atoms with Crippen LogP contribution in [0.15, 0.2) is 122 Å². The first-order valence-corrected chi connectivity index (χ1v) is 36.2. The largest absolute Gasteiger partial charge is 0.394 e. The lowest BCUT2D eigenvalue weighted by Gasteiger charge is -2.22.